The van der Waals surface area contributed by atoms with Crippen molar-refractivity contribution in [2.45, 2.75) is 34.3 Å². The molecule has 0 saturated carbocycles. The maximum Gasteiger partial charge on any atom is 0.354 e. The van der Waals surface area contributed by atoms with Crippen LogP contribution in [0, 0.1) is 27.7 Å². The third-order valence-corrected chi connectivity index (χ3v) is 6.90. The van der Waals surface area contributed by atoms with E-state index in [4.69, 9.17) is 14.8 Å². The number of nitrogens with zero attached hydrogens (tertiary/aromatic N) is 3. The van der Waals surface area contributed by atoms with Crippen LogP contribution in [0.4, 0.5) is 5.69 Å². The Bertz CT molecular complexity index is 1660. The number of carbonyl (C=O) groups excluding carboxylic acids is 2. The summed E-state index contributed by atoms with van der Waals surface area (Å²) in [6.45, 7) is 8.09. The fourth-order valence-electron chi connectivity index (χ4n) is 4.56. The van der Waals surface area contributed by atoms with Crippen molar-refractivity contribution >= 4 is 40.4 Å². The van der Waals surface area contributed by atoms with Gasteiger partial charge in [-0.15, -0.1) is 0 Å². The molecule has 0 bridgehead atoms. The number of para-hydroxylation sites is 1. The van der Waals surface area contributed by atoms with Crippen molar-refractivity contribution in [1.82, 2.24) is 15.3 Å². The average Bonchev–Trinajstić information content (AvgIpc) is 2.94. The molecule has 0 atom stereocenters. The van der Waals surface area contributed by atoms with Crippen LogP contribution in [0.2, 0.25) is 0 Å². The van der Waals surface area contributed by atoms with Crippen LogP contribution in [0.1, 0.15) is 44.0 Å². The molecule has 0 fully saturated rings. The molecular formula is C32H32N4O5. The largest absolute Gasteiger partial charge is 0.487 e. The number of aromatic nitrogens is 2. The number of hydrogen-bond donors (Lipinski definition) is 2. The fourth-order valence-corrected chi connectivity index (χ4v) is 4.56. The number of pyridine rings is 2. The van der Waals surface area contributed by atoms with Crippen molar-refractivity contribution in [2.75, 3.05) is 18.5 Å². The SMILES string of the molecule is Cc1cc(C)c2cccc(OCc3c(C)ccc(N(C)C(=O)CNC(=O)C=Cc4ccc(C(=O)O)nc4)c3C)c2n1. The Morgan fingerprint density at radius 2 is 1.80 bits per heavy atom. The first-order chi connectivity index (χ1) is 19.5. The topological polar surface area (TPSA) is 122 Å². The minimum absolute atomic E-state index is 0.0860. The van der Waals surface area contributed by atoms with Gasteiger partial charge in [0.25, 0.3) is 0 Å². The molecule has 210 valence electrons. The molecule has 4 rings (SSSR count). The number of hydrogen-bond acceptors (Lipinski definition) is 6. The number of carbonyl (C=O) groups is 3. The summed E-state index contributed by atoms with van der Waals surface area (Å²) in [5.74, 6) is -1.18. The van der Waals surface area contributed by atoms with Crippen molar-refractivity contribution in [2.24, 2.45) is 0 Å². The quantitative estimate of drug-likeness (QED) is 0.282. The minimum Gasteiger partial charge on any atom is -0.487 e. The molecular weight excluding hydrogens is 520 g/mol. The van der Waals surface area contributed by atoms with Crippen LogP contribution in [0.25, 0.3) is 17.0 Å². The Balaban J connectivity index is 1.42. The lowest BCUT2D eigenvalue weighted by molar-refractivity contribution is -0.122. The molecule has 2 heterocycles. The zero-order valence-electron chi connectivity index (χ0n) is 23.7. The number of aromatic carboxylic acids is 1. The summed E-state index contributed by atoms with van der Waals surface area (Å²) in [5.41, 5.74) is 6.99. The Hall–Kier alpha value is -5.05. The summed E-state index contributed by atoms with van der Waals surface area (Å²) >= 11 is 0. The van der Waals surface area contributed by atoms with Gasteiger partial charge in [0.2, 0.25) is 11.8 Å². The van der Waals surface area contributed by atoms with E-state index in [1.165, 1.54) is 29.3 Å². The number of aryl methyl sites for hydroxylation is 3. The summed E-state index contributed by atoms with van der Waals surface area (Å²) in [6, 6.07) is 14.7. The second-order valence-electron chi connectivity index (χ2n) is 9.81. The highest BCUT2D eigenvalue weighted by Crippen LogP contribution is 2.30. The van der Waals surface area contributed by atoms with Crippen LogP contribution in [-0.4, -0.2) is 46.5 Å². The first-order valence-corrected chi connectivity index (χ1v) is 13.1. The highest BCUT2D eigenvalue weighted by molar-refractivity contribution is 5.99. The predicted molar refractivity (Wildman–Crippen MR) is 158 cm³/mol. The van der Waals surface area contributed by atoms with Gasteiger partial charge in [-0.05, 0) is 85.9 Å². The van der Waals surface area contributed by atoms with Gasteiger partial charge in [0, 0.05) is 36.1 Å². The van der Waals surface area contributed by atoms with Crippen LogP contribution in [0.3, 0.4) is 0 Å². The molecule has 2 amide bonds. The molecule has 4 aromatic rings. The average molecular weight is 553 g/mol. The maximum atomic E-state index is 12.9. The smallest absolute Gasteiger partial charge is 0.354 e. The third-order valence-electron chi connectivity index (χ3n) is 6.90. The van der Waals surface area contributed by atoms with E-state index >= 15 is 0 Å². The van der Waals surface area contributed by atoms with Crippen molar-refractivity contribution in [3.8, 4) is 5.75 Å². The van der Waals surface area contributed by atoms with Gasteiger partial charge in [-0.25, -0.2) is 14.8 Å². The number of nitrogens with one attached hydrogen (secondary N) is 1. The van der Waals surface area contributed by atoms with E-state index in [0.29, 0.717) is 17.9 Å². The standard InChI is InChI=1S/C32H32N4O5/c1-19-9-13-27(22(4)25(19)18-41-28-8-6-7-24-20(2)15-21(3)35-31(24)28)36(5)30(38)17-34-29(37)14-11-23-10-12-26(32(39)40)33-16-23/h6-16H,17-18H2,1-5H3,(H,34,37)(H,39,40). The van der Waals surface area contributed by atoms with E-state index in [0.717, 1.165) is 44.5 Å². The highest BCUT2D eigenvalue weighted by atomic mass is 16.5. The number of carboxylic acids is 1. The molecule has 0 unspecified atom stereocenters. The molecule has 0 aliphatic rings. The lowest BCUT2D eigenvalue weighted by Crippen LogP contribution is -2.38. The van der Waals surface area contributed by atoms with Gasteiger partial charge in [-0.2, -0.15) is 0 Å². The zero-order chi connectivity index (χ0) is 29.7. The van der Waals surface area contributed by atoms with E-state index in [1.807, 2.05) is 51.1 Å². The first-order valence-electron chi connectivity index (χ1n) is 13.1. The predicted octanol–water partition coefficient (Wildman–Crippen LogP) is 4.93. The van der Waals surface area contributed by atoms with E-state index in [1.54, 1.807) is 13.1 Å². The second-order valence-corrected chi connectivity index (χ2v) is 9.81. The molecule has 9 nitrogen and oxygen atoms in total. The molecule has 0 aliphatic heterocycles. The molecule has 0 spiro atoms. The number of amides is 2. The first kappa shape index (κ1) is 28.9. The summed E-state index contributed by atoms with van der Waals surface area (Å²) in [4.78, 5) is 46.1. The lowest BCUT2D eigenvalue weighted by atomic mass is 10.0. The fraction of sp³-hybridized carbons (Fsp3) is 0.219. The molecule has 41 heavy (non-hydrogen) atoms. The van der Waals surface area contributed by atoms with E-state index in [2.05, 4.69) is 23.3 Å². The monoisotopic (exact) mass is 552 g/mol. The number of benzene rings is 2. The number of carboxylic acid groups (broad SMARTS) is 1. The van der Waals surface area contributed by atoms with Gasteiger partial charge in [0.15, 0.2) is 0 Å². The van der Waals surface area contributed by atoms with Crippen LogP contribution in [0.15, 0.2) is 60.8 Å². The van der Waals surface area contributed by atoms with Crippen LogP contribution >= 0.6 is 0 Å². The number of ether oxygens (including phenoxy) is 1. The number of likely N-dealkylation sites (N-methyl/N-ethyl adjacent to an activating group) is 1. The Morgan fingerprint density at radius 3 is 2.51 bits per heavy atom. The van der Waals surface area contributed by atoms with E-state index in [-0.39, 0.29) is 18.1 Å². The van der Waals surface area contributed by atoms with Gasteiger partial charge in [0.05, 0.1) is 6.54 Å². The van der Waals surface area contributed by atoms with Crippen molar-refractivity contribution in [3.63, 3.8) is 0 Å². The van der Waals surface area contributed by atoms with Crippen molar-refractivity contribution < 1.29 is 24.2 Å². The number of fused-ring (bicyclic) bond motifs is 1. The molecule has 0 radical (unpaired) electrons. The lowest BCUT2D eigenvalue weighted by Gasteiger charge is -2.23. The maximum absolute atomic E-state index is 12.9. The van der Waals surface area contributed by atoms with Gasteiger partial charge in [0.1, 0.15) is 23.6 Å². The van der Waals surface area contributed by atoms with Crippen LogP contribution < -0.4 is 15.0 Å². The van der Waals surface area contributed by atoms with Crippen LogP contribution in [-0.2, 0) is 16.2 Å². The Kier molecular flexibility index (Phi) is 8.77. The molecule has 0 saturated heterocycles. The van der Waals surface area contributed by atoms with Crippen molar-refractivity contribution in [1.29, 1.82) is 0 Å². The second kappa shape index (κ2) is 12.4. The minimum atomic E-state index is -1.13. The summed E-state index contributed by atoms with van der Waals surface area (Å²) < 4.78 is 6.27. The Labute approximate surface area is 238 Å². The summed E-state index contributed by atoms with van der Waals surface area (Å²) in [5, 5.41) is 12.6. The highest BCUT2D eigenvalue weighted by Gasteiger charge is 2.17. The van der Waals surface area contributed by atoms with Gasteiger partial charge >= 0.3 is 5.97 Å². The zero-order valence-corrected chi connectivity index (χ0v) is 23.7. The summed E-state index contributed by atoms with van der Waals surface area (Å²) in [6.07, 6.45) is 4.11. The molecule has 9 heteroatoms. The molecule has 0 aliphatic carbocycles. The third kappa shape index (κ3) is 6.75. The number of anilines is 1. The van der Waals surface area contributed by atoms with E-state index in [9.17, 15) is 14.4 Å². The summed E-state index contributed by atoms with van der Waals surface area (Å²) in [7, 11) is 1.67. The molecule has 2 aromatic carbocycles. The Morgan fingerprint density at radius 1 is 1.02 bits per heavy atom. The number of rotatable bonds is 9. The molecule has 2 N–H and O–H groups in total. The van der Waals surface area contributed by atoms with Crippen molar-refractivity contribution in [3.05, 3.63) is 100 Å². The van der Waals surface area contributed by atoms with Gasteiger partial charge < -0.3 is 20.1 Å². The van der Waals surface area contributed by atoms with Gasteiger partial charge in [-0.3, -0.25) is 9.59 Å². The normalized spacial score (nSPS) is 11.0. The van der Waals surface area contributed by atoms with Crippen LogP contribution in [0.5, 0.6) is 5.75 Å². The van der Waals surface area contributed by atoms with E-state index < -0.39 is 11.9 Å². The molecule has 2 aromatic heterocycles. The van der Waals surface area contributed by atoms with Gasteiger partial charge in [-0.1, -0.05) is 24.3 Å².